The van der Waals surface area contributed by atoms with Gasteiger partial charge in [-0.1, -0.05) is 18.2 Å². The van der Waals surface area contributed by atoms with Crippen LogP contribution in [-0.4, -0.2) is 19.2 Å². The first-order chi connectivity index (χ1) is 9.74. The molecule has 2 aromatic rings. The van der Waals surface area contributed by atoms with Crippen LogP contribution in [0.25, 0.3) is 0 Å². The summed E-state index contributed by atoms with van der Waals surface area (Å²) >= 11 is 0. The number of para-hydroxylation sites is 1. The number of nitrogens with zero attached hydrogens (tertiary/aromatic N) is 1. The number of nitrogens with one attached hydrogen (secondary N) is 1. The molecule has 106 valence electrons. The van der Waals surface area contributed by atoms with Crippen LogP contribution in [0, 0.1) is 6.92 Å². The Kier molecular flexibility index (Phi) is 4.96. The van der Waals surface area contributed by atoms with Crippen molar-refractivity contribution in [3.05, 3.63) is 53.3 Å². The predicted octanol–water partition coefficient (Wildman–Crippen LogP) is 2.70. The van der Waals surface area contributed by atoms with Gasteiger partial charge in [-0.3, -0.25) is 4.98 Å². The third kappa shape index (κ3) is 3.48. The highest BCUT2D eigenvalue weighted by molar-refractivity contribution is 5.46. The average molecular weight is 272 g/mol. The zero-order valence-electron chi connectivity index (χ0n) is 12.1. The van der Waals surface area contributed by atoms with E-state index in [2.05, 4.69) is 10.3 Å². The zero-order valence-corrected chi connectivity index (χ0v) is 12.1. The number of hydrogen-bond donors (Lipinski definition) is 1. The van der Waals surface area contributed by atoms with Crippen LogP contribution in [0.4, 0.5) is 0 Å². The average Bonchev–Trinajstić information content (AvgIpc) is 2.47. The number of ether oxygens (including phenoxy) is 2. The molecule has 0 amide bonds. The van der Waals surface area contributed by atoms with E-state index in [0.717, 1.165) is 35.0 Å². The number of aromatic nitrogens is 1. The summed E-state index contributed by atoms with van der Waals surface area (Å²) in [5, 5.41) is 3.37. The van der Waals surface area contributed by atoms with E-state index in [0.29, 0.717) is 6.54 Å². The van der Waals surface area contributed by atoms with Crippen molar-refractivity contribution in [2.75, 3.05) is 14.2 Å². The Labute approximate surface area is 119 Å². The minimum Gasteiger partial charge on any atom is -0.493 e. The molecule has 4 nitrogen and oxygen atoms in total. The van der Waals surface area contributed by atoms with Crippen LogP contribution in [0.2, 0.25) is 0 Å². The normalized spacial score (nSPS) is 10.3. The molecule has 2 rings (SSSR count). The molecule has 1 aromatic carbocycles. The first kappa shape index (κ1) is 14.3. The van der Waals surface area contributed by atoms with Crippen LogP contribution >= 0.6 is 0 Å². The van der Waals surface area contributed by atoms with Crippen LogP contribution in [-0.2, 0) is 13.1 Å². The van der Waals surface area contributed by atoms with Crippen molar-refractivity contribution in [1.29, 1.82) is 0 Å². The maximum atomic E-state index is 5.41. The van der Waals surface area contributed by atoms with E-state index in [4.69, 9.17) is 9.47 Å². The summed E-state index contributed by atoms with van der Waals surface area (Å²) in [6.07, 6.45) is 0. The van der Waals surface area contributed by atoms with E-state index in [1.54, 1.807) is 14.2 Å². The maximum absolute atomic E-state index is 5.41. The van der Waals surface area contributed by atoms with E-state index < -0.39 is 0 Å². The molecule has 20 heavy (non-hydrogen) atoms. The molecule has 0 aliphatic rings. The lowest BCUT2D eigenvalue weighted by molar-refractivity contribution is 0.350. The van der Waals surface area contributed by atoms with Gasteiger partial charge in [0.2, 0.25) is 0 Å². The van der Waals surface area contributed by atoms with Crippen LogP contribution in [0.3, 0.4) is 0 Å². The molecule has 0 radical (unpaired) electrons. The number of methoxy groups -OCH3 is 2. The van der Waals surface area contributed by atoms with Gasteiger partial charge in [-0.15, -0.1) is 0 Å². The number of benzene rings is 1. The Morgan fingerprint density at radius 2 is 1.80 bits per heavy atom. The van der Waals surface area contributed by atoms with Gasteiger partial charge in [0, 0.05) is 24.3 Å². The van der Waals surface area contributed by atoms with Gasteiger partial charge in [0.1, 0.15) is 0 Å². The summed E-state index contributed by atoms with van der Waals surface area (Å²) in [5.74, 6) is 1.53. The van der Waals surface area contributed by atoms with Crippen molar-refractivity contribution in [2.24, 2.45) is 0 Å². The molecule has 1 N–H and O–H groups in total. The van der Waals surface area contributed by atoms with E-state index in [-0.39, 0.29) is 0 Å². The molecule has 0 atom stereocenters. The first-order valence-electron chi connectivity index (χ1n) is 6.57. The van der Waals surface area contributed by atoms with Crippen molar-refractivity contribution in [1.82, 2.24) is 10.3 Å². The van der Waals surface area contributed by atoms with Gasteiger partial charge in [-0.05, 0) is 25.1 Å². The highest BCUT2D eigenvalue weighted by Crippen LogP contribution is 2.30. The van der Waals surface area contributed by atoms with E-state index in [1.165, 1.54) is 0 Å². The van der Waals surface area contributed by atoms with Gasteiger partial charge in [-0.25, -0.2) is 0 Å². The fourth-order valence-corrected chi connectivity index (χ4v) is 2.12. The summed E-state index contributed by atoms with van der Waals surface area (Å²) in [5.41, 5.74) is 3.13. The second kappa shape index (κ2) is 6.91. The first-order valence-corrected chi connectivity index (χ1v) is 6.57. The molecule has 1 aromatic heterocycles. The van der Waals surface area contributed by atoms with Crippen LogP contribution < -0.4 is 14.8 Å². The van der Waals surface area contributed by atoms with Crippen molar-refractivity contribution in [2.45, 2.75) is 20.0 Å². The van der Waals surface area contributed by atoms with Crippen molar-refractivity contribution in [3.8, 4) is 11.5 Å². The van der Waals surface area contributed by atoms with Gasteiger partial charge in [-0.2, -0.15) is 0 Å². The number of hydrogen-bond acceptors (Lipinski definition) is 4. The summed E-state index contributed by atoms with van der Waals surface area (Å²) in [6.45, 7) is 3.42. The molecule has 0 unspecified atom stereocenters. The van der Waals surface area contributed by atoms with Crippen LogP contribution in [0.1, 0.15) is 17.0 Å². The lowest BCUT2D eigenvalue weighted by atomic mass is 10.2. The van der Waals surface area contributed by atoms with Crippen LogP contribution in [0.15, 0.2) is 36.4 Å². The monoisotopic (exact) mass is 272 g/mol. The van der Waals surface area contributed by atoms with Crippen LogP contribution in [0.5, 0.6) is 11.5 Å². The van der Waals surface area contributed by atoms with E-state index in [1.807, 2.05) is 43.3 Å². The summed E-state index contributed by atoms with van der Waals surface area (Å²) < 4.78 is 10.7. The molecule has 0 fully saturated rings. The second-order valence-electron chi connectivity index (χ2n) is 4.53. The Balaban J connectivity index is 2.01. The van der Waals surface area contributed by atoms with Gasteiger partial charge in [0.25, 0.3) is 0 Å². The van der Waals surface area contributed by atoms with Crippen molar-refractivity contribution >= 4 is 0 Å². The number of aryl methyl sites for hydroxylation is 1. The summed E-state index contributed by atoms with van der Waals surface area (Å²) in [6, 6.07) is 11.9. The largest absolute Gasteiger partial charge is 0.493 e. The van der Waals surface area contributed by atoms with Gasteiger partial charge < -0.3 is 14.8 Å². The van der Waals surface area contributed by atoms with Gasteiger partial charge in [0.15, 0.2) is 11.5 Å². The maximum Gasteiger partial charge on any atom is 0.165 e. The summed E-state index contributed by atoms with van der Waals surface area (Å²) in [7, 11) is 3.30. The lowest BCUT2D eigenvalue weighted by Gasteiger charge is -2.13. The van der Waals surface area contributed by atoms with Gasteiger partial charge in [0.05, 0.1) is 19.9 Å². The molecule has 4 heteroatoms. The highest BCUT2D eigenvalue weighted by atomic mass is 16.5. The molecule has 0 spiro atoms. The molecule has 0 bridgehead atoms. The Morgan fingerprint density at radius 1 is 1.00 bits per heavy atom. The molecule has 1 heterocycles. The van der Waals surface area contributed by atoms with Crippen molar-refractivity contribution in [3.63, 3.8) is 0 Å². The third-order valence-electron chi connectivity index (χ3n) is 3.05. The molecule has 0 aliphatic carbocycles. The lowest BCUT2D eigenvalue weighted by Crippen LogP contribution is -2.14. The predicted molar refractivity (Wildman–Crippen MR) is 79.1 cm³/mol. The smallest absolute Gasteiger partial charge is 0.165 e. The van der Waals surface area contributed by atoms with Crippen molar-refractivity contribution < 1.29 is 9.47 Å². The topological polar surface area (TPSA) is 43.4 Å². The molecular weight excluding hydrogens is 252 g/mol. The number of pyridine rings is 1. The molecule has 0 aliphatic heterocycles. The Bertz CT molecular complexity index is 570. The third-order valence-corrected chi connectivity index (χ3v) is 3.05. The Morgan fingerprint density at radius 3 is 2.50 bits per heavy atom. The van der Waals surface area contributed by atoms with E-state index >= 15 is 0 Å². The quantitative estimate of drug-likeness (QED) is 0.878. The van der Waals surface area contributed by atoms with Gasteiger partial charge >= 0.3 is 0 Å². The summed E-state index contributed by atoms with van der Waals surface area (Å²) in [4.78, 5) is 4.46. The minimum absolute atomic E-state index is 0.704. The second-order valence-corrected chi connectivity index (χ2v) is 4.53. The standard InChI is InChI=1S/C16H20N2O2/c1-12-6-4-8-14(18-12)11-17-10-13-7-5-9-15(19-2)16(13)20-3/h4-9,17H,10-11H2,1-3H3. The highest BCUT2D eigenvalue weighted by Gasteiger charge is 2.08. The fourth-order valence-electron chi connectivity index (χ4n) is 2.12. The molecule has 0 saturated heterocycles. The minimum atomic E-state index is 0.704. The molecule has 0 saturated carbocycles. The fraction of sp³-hybridized carbons (Fsp3) is 0.312. The zero-order chi connectivity index (χ0) is 14.4. The molecular formula is C16H20N2O2. The number of rotatable bonds is 6. The SMILES string of the molecule is COc1cccc(CNCc2cccc(C)n2)c1OC. The van der Waals surface area contributed by atoms with E-state index in [9.17, 15) is 0 Å². The Hall–Kier alpha value is -2.07.